The van der Waals surface area contributed by atoms with Gasteiger partial charge in [0.15, 0.2) is 0 Å². The van der Waals surface area contributed by atoms with E-state index >= 15 is 0 Å². The van der Waals surface area contributed by atoms with Gasteiger partial charge in [0.1, 0.15) is 0 Å². The smallest absolute Gasteiger partial charge is 0.0708 e. The Kier molecular flexibility index (Phi) is 2.18. The number of nitrogens with zero attached hydrogens (tertiary/aromatic N) is 2. The molecule has 1 aliphatic heterocycles. The summed E-state index contributed by atoms with van der Waals surface area (Å²) < 4.78 is 0. The zero-order valence-corrected chi connectivity index (χ0v) is 9.83. The van der Waals surface area contributed by atoms with Gasteiger partial charge in [0, 0.05) is 24.7 Å². The molecule has 82 valence electrons. The number of hydrogen-bond acceptors (Lipinski definition) is 2. The van der Waals surface area contributed by atoms with Crippen molar-refractivity contribution in [3.63, 3.8) is 0 Å². The first kappa shape index (κ1) is 9.79. The van der Waals surface area contributed by atoms with E-state index in [4.69, 9.17) is 0 Å². The Morgan fingerprint density at radius 1 is 1.25 bits per heavy atom. The molecule has 1 aliphatic rings. The van der Waals surface area contributed by atoms with Crippen LogP contribution in [0.3, 0.4) is 0 Å². The minimum atomic E-state index is 1.06. The first-order valence-corrected chi connectivity index (χ1v) is 5.86. The highest BCUT2D eigenvalue weighted by Gasteiger charge is 2.16. The predicted molar refractivity (Wildman–Crippen MR) is 66.3 cm³/mol. The Bertz CT molecular complexity index is 546. The molecule has 1 aromatic carbocycles. The van der Waals surface area contributed by atoms with Gasteiger partial charge in [-0.05, 0) is 48.4 Å². The van der Waals surface area contributed by atoms with E-state index < -0.39 is 0 Å². The molecule has 0 saturated carbocycles. The van der Waals surface area contributed by atoms with E-state index in [2.05, 4.69) is 42.1 Å². The summed E-state index contributed by atoms with van der Waals surface area (Å²) in [4.78, 5) is 6.82. The van der Waals surface area contributed by atoms with Crippen molar-refractivity contribution < 1.29 is 0 Å². The van der Waals surface area contributed by atoms with Gasteiger partial charge in [-0.15, -0.1) is 0 Å². The van der Waals surface area contributed by atoms with Crippen molar-refractivity contribution in [3.05, 3.63) is 41.1 Å². The largest absolute Gasteiger partial charge is 0.298 e. The van der Waals surface area contributed by atoms with Gasteiger partial charge < -0.3 is 0 Å². The van der Waals surface area contributed by atoms with Crippen molar-refractivity contribution in [1.29, 1.82) is 0 Å². The van der Waals surface area contributed by atoms with E-state index in [0.717, 1.165) is 25.0 Å². The number of aromatic nitrogens is 1. The fraction of sp³-hybridized carbons (Fsp3) is 0.357. The second kappa shape index (κ2) is 3.56. The van der Waals surface area contributed by atoms with Crippen LogP contribution in [-0.4, -0.2) is 16.9 Å². The minimum Gasteiger partial charge on any atom is -0.298 e. The second-order valence-electron chi connectivity index (χ2n) is 4.63. The summed E-state index contributed by atoms with van der Waals surface area (Å²) in [6.45, 7) is 4.33. The molecular weight excluding hydrogens is 196 g/mol. The Morgan fingerprint density at radius 3 is 2.75 bits per heavy atom. The van der Waals surface area contributed by atoms with Crippen LogP contribution >= 0.6 is 0 Å². The fourth-order valence-electron chi connectivity index (χ4n) is 2.58. The van der Waals surface area contributed by atoms with E-state index in [9.17, 15) is 0 Å². The molecule has 0 N–H and O–H groups in total. The molecule has 2 nitrogen and oxygen atoms in total. The standard InChI is InChI=1S/C14H16N2/c1-3-10-4-5-15-14-7-12-9-16(2)8-11(12)6-13(10)14/h4-7H,3,8-9H2,1-2H3. The van der Waals surface area contributed by atoms with Gasteiger partial charge in [-0.3, -0.25) is 9.88 Å². The molecule has 0 radical (unpaired) electrons. The lowest BCUT2D eigenvalue weighted by Gasteiger charge is -2.06. The fourth-order valence-corrected chi connectivity index (χ4v) is 2.58. The maximum Gasteiger partial charge on any atom is 0.0708 e. The van der Waals surface area contributed by atoms with Crippen LogP contribution in [0.25, 0.3) is 10.9 Å². The maximum absolute atomic E-state index is 4.47. The summed E-state index contributed by atoms with van der Waals surface area (Å²) in [5.41, 5.74) is 5.46. The quantitative estimate of drug-likeness (QED) is 0.722. The topological polar surface area (TPSA) is 16.1 Å². The third kappa shape index (κ3) is 1.41. The number of rotatable bonds is 1. The molecule has 0 amide bonds. The van der Waals surface area contributed by atoms with E-state index in [-0.39, 0.29) is 0 Å². The highest BCUT2D eigenvalue weighted by molar-refractivity contribution is 5.83. The molecule has 3 rings (SSSR count). The Hall–Kier alpha value is -1.41. The molecule has 2 heteroatoms. The van der Waals surface area contributed by atoms with Gasteiger partial charge in [-0.1, -0.05) is 6.92 Å². The molecule has 0 fully saturated rings. The highest BCUT2D eigenvalue weighted by Crippen LogP contribution is 2.27. The van der Waals surface area contributed by atoms with Crippen molar-refractivity contribution in [2.75, 3.05) is 7.05 Å². The third-order valence-electron chi connectivity index (χ3n) is 3.41. The van der Waals surface area contributed by atoms with Crippen LogP contribution in [0.4, 0.5) is 0 Å². The molecule has 0 bridgehead atoms. The van der Waals surface area contributed by atoms with E-state index in [1.54, 1.807) is 0 Å². The van der Waals surface area contributed by atoms with E-state index in [1.807, 2.05) is 6.20 Å². The molecule has 16 heavy (non-hydrogen) atoms. The summed E-state index contributed by atoms with van der Waals surface area (Å²) in [5.74, 6) is 0. The van der Waals surface area contributed by atoms with Crippen LogP contribution in [0.5, 0.6) is 0 Å². The first-order chi connectivity index (χ1) is 7.78. The van der Waals surface area contributed by atoms with Crippen LogP contribution in [0.15, 0.2) is 24.4 Å². The number of aryl methyl sites for hydroxylation is 1. The summed E-state index contributed by atoms with van der Waals surface area (Å²) in [6, 6.07) is 6.72. The molecular formula is C14H16N2. The number of benzene rings is 1. The zero-order valence-electron chi connectivity index (χ0n) is 9.83. The molecule has 0 unspecified atom stereocenters. The van der Waals surface area contributed by atoms with Crippen molar-refractivity contribution >= 4 is 10.9 Å². The summed E-state index contributed by atoms with van der Waals surface area (Å²) in [5, 5.41) is 1.33. The molecule has 2 aromatic rings. The molecule has 0 spiro atoms. The number of pyridine rings is 1. The lowest BCUT2D eigenvalue weighted by atomic mass is 10.0. The normalized spacial score (nSPS) is 15.6. The Labute approximate surface area is 95.9 Å². The highest BCUT2D eigenvalue weighted by atomic mass is 15.1. The lowest BCUT2D eigenvalue weighted by molar-refractivity contribution is 0.353. The van der Waals surface area contributed by atoms with Crippen molar-refractivity contribution in [1.82, 2.24) is 9.88 Å². The van der Waals surface area contributed by atoms with Crippen LogP contribution in [0.1, 0.15) is 23.6 Å². The predicted octanol–water partition coefficient (Wildman–Crippen LogP) is 2.74. The van der Waals surface area contributed by atoms with Crippen molar-refractivity contribution in [3.8, 4) is 0 Å². The van der Waals surface area contributed by atoms with Gasteiger partial charge >= 0.3 is 0 Å². The third-order valence-corrected chi connectivity index (χ3v) is 3.41. The molecule has 0 atom stereocenters. The lowest BCUT2D eigenvalue weighted by Crippen LogP contribution is -2.07. The van der Waals surface area contributed by atoms with Gasteiger partial charge in [0.2, 0.25) is 0 Å². The summed E-state index contributed by atoms with van der Waals surface area (Å²) in [6.07, 6.45) is 3.00. The average Bonchev–Trinajstić information content (AvgIpc) is 2.64. The monoisotopic (exact) mass is 212 g/mol. The van der Waals surface area contributed by atoms with Crippen molar-refractivity contribution in [2.24, 2.45) is 0 Å². The molecule has 0 saturated heterocycles. The molecule has 0 aliphatic carbocycles. The summed E-state index contributed by atoms with van der Waals surface area (Å²) >= 11 is 0. The van der Waals surface area contributed by atoms with Gasteiger partial charge in [0.05, 0.1) is 5.52 Å². The van der Waals surface area contributed by atoms with E-state index in [1.165, 1.54) is 22.1 Å². The van der Waals surface area contributed by atoms with Gasteiger partial charge in [-0.2, -0.15) is 0 Å². The second-order valence-corrected chi connectivity index (χ2v) is 4.63. The first-order valence-electron chi connectivity index (χ1n) is 5.86. The average molecular weight is 212 g/mol. The van der Waals surface area contributed by atoms with Crippen LogP contribution < -0.4 is 0 Å². The van der Waals surface area contributed by atoms with Crippen molar-refractivity contribution in [2.45, 2.75) is 26.4 Å². The Morgan fingerprint density at radius 2 is 2.00 bits per heavy atom. The molecule has 1 aromatic heterocycles. The van der Waals surface area contributed by atoms with Gasteiger partial charge in [-0.25, -0.2) is 0 Å². The number of fused-ring (bicyclic) bond motifs is 2. The maximum atomic E-state index is 4.47. The van der Waals surface area contributed by atoms with Crippen LogP contribution in [0, 0.1) is 0 Å². The SMILES string of the molecule is CCc1ccnc2cc3c(cc12)CN(C)C3. The zero-order chi connectivity index (χ0) is 11.1. The minimum absolute atomic E-state index is 1.06. The van der Waals surface area contributed by atoms with Gasteiger partial charge in [0.25, 0.3) is 0 Å². The number of hydrogen-bond donors (Lipinski definition) is 0. The Balaban J connectivity index is 2.26. The van der Waals surface area contributed by atoms with Crippen LogP contribution in [-0.2, 0) is 19.5 Å². The summed E-state index contributed by atoms with van der Waals surface area (Å²) in [7, 11) is 2.17. The van der Waals surface area contributed by atoms with E-state index in [0.29, 0.717) is 0 Å². The molecule has 2 heterocycles. The van der Waals surface area contributed by atoms with Crippen LogP contribution in [0.2, 0.25) is 0 Å².